The maximum absolute atomic E-state index is 13.7. The van der Waals surface area contributed by atoms with Gasteiger partial charge >= 0.3 is 6.18 Å². The van der Waals surface area contributed by atoms with Crippen molar-refractivity contribution in [2.75, 3.05) is 43.1 Å². The second-order valence-electron chi connectivity index (χ2n) is 12.3. The fraction of sp³-hybridized carbons (Fsp3) is 0.424. The molecule has 0 amide bonds. The number of methoxy groups -OCH3 is 1. The largest absolute Gasteiger partial charge is 0.495 e. The molecule has 0 bridgehead atoms. The van der Waals surface area contributed by atoms with Gasteiger partial charge in [-0.2, -0.15) is 13.2 Å². The molecule has 47 heavy (non-hydrogen) atoms. The van der Waals surface area contributed by atoms with Crippen molar-refractivity contribution < 1.29 is 30.8 Å². The van der Waals surface area contributed by atoms with Crippen LogP contribution >= 0.6 is 0 Å². The van der Waals surface area contributed by atoms with Crippen LogP contribution in [0.2, 0.25) is 0 Å². The van der Waals surface area contributed by atoms with Gasteiger partial charge in [0.25, 0.3) is 10.0 Å². The monoisotopic (exact) mass is 672 g/mol. The first-order valence-corrected chi connectivity index (χ1v) is 16.7. The molecule has 2 aromatic heterocycles. The molecule has 0 atom stereocenters. The van der Waals surface area contributed by atoms with Crippen LogP contribution in [0.5, 0.6) is 5.75 Å². The number of hydrogen-bond acceptors (Lipinski definition) is 8. The zero-order valence-corrected chi connectivity index (χ0v) is 27.8. The van der Waals surface area contributed by atoms with E-state index in [4.69, 9.17) is 9.26 Å². The molecule has 10 nitrogen and oxygen atoms in total. The summed E-state index contributed by atoms with van der Waals surface area (Å²) in [7, 11) is 1.59. The number of anilines is 3. The van der Waals surface area contributed by atoms with Crippen molar-refractivity contribution in [1.82, 2.24) is 14.6 Å². The Kier molecular flexibility index (Phi) is 9.70. The highest BCUT2D eigenvalue weighted by Crippen LogP contribution is 2.37. The number of sulfonamides is 1. The van der Waals surface area contributed by atoms with Gasteiger partial charge in [-0.1, -0.05) is 17.1 Å². The quantitative estimate of drug-likeness (QED) is 0.165. The molecular weight excluding hydrogens is 633 g/mol. The Hall–Kier alpha value is -4.35. The van der Waals surface area contributed by atoms with E-state index >= 15 is 0 Å². The first-order chi connectivity index (χ1) is 22.2. The summed E-state index contributed by atoms with van der Waals surface area (Å²) in [4.78, 5) is 2.18. The Bertz CT molecular complexity index is 1900. The lowest BCUT2D eigenvalue weighted by atomic mass is 9.80. The molecule has 4 aromatic rings. The predicted molar refractivity (Wildman–Crippen MR) is 176 cm³/mol. The van der Waals surface area contributed by atoms with Crippen LogP contribution < -0.4 is 20.1 Å². The molecule has 1 fully saturated rings. The zero-order valence-electron chi connectivity index (χ0n) is 27.0. The second kappa shape index (κ2) is 13.4. The number of nitrogens with zero attached hydrogens (tertiary/aromatic N) is 3. The normalized spacial score (nSPS) is 18.5. The average Bonchev–Trinajstić information content (AvgIpc) is 3.56. The maximum Gasteiger partial charge on any atom is 0.406 e. The first kappa shape index (κ1) is 34.0. The Morgan fingerprint density at radius 1 is 1.13 bits per heavy atom. The van der Waals surface area contributed by atoms with Gasteiger partial charge in [-0.3, -0.25) is 4.72 Å². The van der Waals surface area contributed by atoms with Crippen molar-refractivity contribution in [3.63, 3.8) is 0 Å². The molecule has 0 saturated heterocycles. The molecule has 2 heterocycles. The van der Waals surface area contributed by atoms with Crippen LogP contribution in [0.3, 0.4) is 0 Å². The minimum absolute atomic E-state index is 0.0473. The lowest BCUT2D eigenvalue weighted by molar-refractivity contribution is -0.140. The molecule has 5 rings (SSSR count). The maximum atomic E-state index is 13.7. The number of rotatable bonds is 10. The lowest BCUT2D eigenvalue weighted by Gasteiger charge is -2.41. The minimum atomic E-state index is -4.45. The van der Waals surface area contributed by atoms with E-state index in [0.717, 1.165) is 31.4 Å². The molecular formula is C33H39F3N6O4S. The Balaban J connectivity index is 1.35. The Morgan fingerprint density at radius 2 is 1.87 bits per heavy atom. The summed E-state index contributed by atoms with van der Waals surface area (Å²) in [5.74, 6) is 6.56. The minimum Gasteiger partial charge on any atom is -0.495 e. The van der Waals surface area contributed by atoms with Gasteiger partial charge in [-0.05, 0) is 89.9 Å². The van der Waals surface area contributed by atoms with Gasteiger partial charge in [-0.15, -0.1) is 0 Å². The molecule has 0 unspecified atom stereocenters. The van der Waals surface area contributed by atoms with E-state index in [0.29, 0.717) is 28.4 Å². The van der Waals surface area contributed by atoms with Gasteiger partial charge in [0.05, 0.1) is 35.4 Å². The SMILES string of the molecule is COc1cc(S(=O)(=O)Nc2cc(C)on2)ccc1NCC#Cc1cc2c(NC3(C)CCC(N(C)C)CC3)cccc2n1CC(F)(F)F. The summed E-state index contributed by atoms with van der Waals surface area (Å²) < 4.78 is 80.7. The van der Waals surface area contributed by atoms with E-state index in [2.05, 4.69) is 58.3 Å². The number of hydrogen-bond donors (Lipinski definition) is 3. The van der Waals surface area contributed by atoms with E-state index in [1.165, 1.54) is 35.9 Å². The van der Waals surface area contributed by atoms with Gasteiger partial charge in [0, 0.05) is 34.8 Å². The van der Waals surface area contributed by atoms with E-state index in [-0.39, 0.29) is 34.2 Å². The Labute approximate surface area is 272 Å². The molecule has 0 spiro atoms. The fourth-order valence-electron chi connectivity index (χ4n) is 5.92. The van der Waals surface area contributed by atoms with Crippen LogP contribution in [0.1, 0.15) is 44.1 Å². The van der Waals surface area contributed by atoms with Gasteiger partial charge in [0.2, 0.25) is 0 Å². The van der Waals surface area contributed by atoms with Crippen molar-refractivity contribution in [2.45, 2.75) is 68.7 Å². The number of ether oxygens (including phenoxy) is 1. The molecule has 2 aromatic carbocycles. The van der Waals surface area contributed by atoms with Crippen molar-refractivity contribution >= 4 is 38.1 Å². The topological polar surface area (TPSA) is 114 Å². The summed E-state index contributed by atoms with van der Waals surface area (Å²) in [6, 6.07) is 13.3. The van der Waals surface area contributed by atoms with E-state index in [1.807, 2.05) is 6.07 Å². The third kappa shape index (κ3) is 8.15. The molecule has 14 heteroatoms. The van der Waals surface area contributed by atoms with Crippen LogP contribution in [0, 0.1) is 18.8 Å². The van der Waals surface area contributed by atoms with Crippen molar-refractivity contribution in [3.8, 4) is 17.6 Å². The standard InChI is InChI=1S/C33H39F3N6O4S/c1-22-18-31(39-46-22)40-47(43,44)25-11-12-28(30(20-25)45-5)37-17-7-8-24-19-26-27(9-6-10-29(26)42(24)21-33(34,35)36)38-32(2)15-13-23(14-16-32)41(3)4/h6,9-12,18-20,23,37-38H,13-17,21H2,1-5H3,(H,39,40). The number of aryl methyl sites for hydroxylation is 1. The molecule has 3 N–H and O–H groups in total. The summed E-state index contributed by atoms with van der Waals surface area (Å²) in [6.07, 6.45) is -0.483. The summed E-state index contributed by atoms with van der Waals surface area (Å²) in [5.41, 5.74) is 1.74. The first-order valence-electron chi connectivity index (χ1n) is 15.2. The third-order valence-electron chi connectivity index (χ3n) is 8.44. The van der Waals surface area contributed by atoms with Gasteiger partial charge < -0.3 is 29.4 Å². The lowest BCUT2D eigenvalue weighted by Crippen LogP contribution is -2.43. The fourth-order valence-corrected chi connectivity index (χ4v) is 6.92. The van der Waals surface area contributed by atoms with Crippen LogP contribution in [-0.2, 0) is 16.6 Å². The van der Waals surface area contributed by atoms with E-state index < -0.39 is 22.7 Å². The Morgan fingerprint density at radius 3 is 2.51 bits per heavy atom. The van der Waals surface area contributed by atoms with Crippen LogP contribution in [0.4, 0.5) is 30.4 Å². The van der Waals surface area contributed by atoms with E-state index in [1.54, 1.807) is 25.1 Å². The molecule has 1 aliphatic carbocycles. The van der Waals surface area contributed by atoms with Crippen molar-refractivity contribution in [1.29, 1.82) is 0 Å². The molecule has 1 saturated carbocycles. The van der Waals surface area contributed by atoms with Gasteiger partial charge in [0.15, 0.2) is 5.82 Å². The highest BCUT2D eigenvalue weighted by Gasteiger charge is 2.33. The second-order valence-corrected chi connectivity index (χ2v) is 14.0. The number of aromatic nitrogens is 2. The zero-order chi connectivity index (χ0) is 34.0. The van der Waals surface area contributed by atoms with Crippen LogP contribution in [-0.4, -0.2) is 68.5 Å². The van der Waals surface area contributed by atoms with E-state index in [9.17, 15) is 21.6 Å². The van der Waals surface area contributed by atoms with Crippen LogP contribution in [0.15, 0.2) is 57.9 Å². The number of halogens is 3. The number of nitrogens with one attached hydrogen (secondary N) is 3. The third-order valence-corrected chi connectivity index (χ3v) is 9.79. The summed E-state index contributed by atoms with van der Waals surface area (Å²) >= 11 is 0. The highest BCUT2D eigenvalue weighted by atomic mass is 32.2. The molecule has 0 aliphatic heterocycles. The molecule has 252 valence electrons. The average molecular weight is 673 g/mol. The van der Waals surface area contributed by atoms with Crippen LogP contribution in [0.25, 0.3) is 10.9 Å². The van der Waals surface area contributed by atoms with Crippen molar-refractivity contribution in [2.24, 2.45) is 0 Å². The molecule has 0 radical (unpaired) electrons. The smallest absolute Gasteiger partial charge is 0.406 e. The highest BCUT2D eigenvalue weighted by molar-refractivity contribution is 7.92. The predicted octanol–water partition coefficient (Wildman–Crippen LogP) is 6.45. The molecule has 1 aliphatic rings. The summed E-state index contributed by atoms with van der Waals surface area (Å²) in [5, 5.41) is 11.0. The van der Waals surface area contributed by atoms with Crippen molar-refractivity contribution in [3.05, 3.63) is 60.0 Å². The van der Waals surface area contributed by atoms with Gasteiger partial charge in [0.1, 0.15) is 18.1 Å². The number of alkyl halides is 3. The van der Waals surface area contributed by atoms with Gasteiger partial charge in [-0.25, -0.2) is 8.42 Å². The number of fused-ring (bicyclic) bond motifs is 1. The number of benzene rings is 2. The summed E-state index contributed by atoms with van der Waals surface area (Å²) in [6.45, 7) is 2.69.